The zero-order chi connectivity index (χ0) is 21.5. The summed E-state index contributed by atoms with van der Waals surface area (Å²) in [5.41, 5.74) is 11.1. The van der Waals surface area contributed by atoms with Crippen LogP contribution in [0, 0.1) is 0 Å². The summed E-state index contributed by atoms with van der Waals surface area (Å²) in [6.07, 6.45) is 4.36. The lowest BCUT2D eigenvalue weighted by atomic mass is 10.1. The summed E-state index contributed by atoms with van der Waals surface area (Å²) in [6, 6.07) is -2.03. The highest BCUT2D eigenvalue weighted by Crippen LogP contribution is 2.09. The molecule has 1 heterocycles. The van der Waals surface area contributed by atoms with Crippen molar-refractivity contribution in [2.45, 2.75) is 44.7 Å². The number of nitrogens with zero attached hydrogens (tertiary/aromatic N) is 2. The van der Waals surface area contributed by atoms with Gasteiger partial charge in [-0.1, -0.05) is 0 Å². The van der Waals surface area contributed by atoms with Gasteiger partial charge >= 0.3 is 5.97 Å². The molecule has 2 amide bonds. The van der Waals surface area contributed by atoms with Crippen LogP contribution in [0.3, 0.4) is 0 Å². The normalized spacial score (nSPS) is 13.9. The van der Waals surface area contributed by atoms with E-state index in [-0.39, 0.29) is 19.4 Å². The van der Waals surface area contributed by atoms with E-state index in [0.717, 1.165) is 6.92 Å². The van der Waals surface area contributed by atoms with E-state index < -0.39 is 35.8 Å². The minimum Gasteiger partial charge on any atom is -0.481 e. The van der Waals surface area contributed by atoms with Gasteiger partial charge in [-0.2, -0.15) is 0 Å². The summed E-state index contributed by atoms with van der Waals surface area (Å²) in [4.78, 5) is 47.9. The Bertz CT molecular complexity index is 602. The van der Waals surface area contributed by atoms with Gasteiger partial charge in [0.15, 0.2) is 0 Å². The van der Waals surface area contributed by atoms with Crippen LogP contribution in [0.5, 0.6) is 0 Å². The number of hydrogen-bond donors (Lipinski definition) is 6. The topological polar surface area (TPSA) is 211 Å². The van der Waals surface area contributed by atoms with E-state index in [2.05, 4.69) is 20.9 Å². The number of amides is 2. The van der Waals surface area contributed by atoms with Crippen molar-refractivity contribution in [1.29, 1.82) is 0 Å². The lowest BCUT2D eigenvalue weighted by Gasteiger charge is -2.21. The van der Waals surface area contributed by atoms with Crippen molar-refractivity contribution in [1.82, 2.24) is 16.0 Å². The molecule has 0 aromatic carbocycles. The number of aliphatic carboxylic acids is 2. The second-order valence-corrected chi connectivity index (χ2v) is 5.75. The molecule has 0 saturated heterocycles. The summed E-state index contributed by atoms with van der Waals surface area (Å²) < 4.78 is 0. The summed E-state index contributed by atoms with van der Waals surface area (Å²) in [5, 5.41) is 25.5. The largest absolute Gasteiger partial charge is 0.481 e. The average molecular weight is 399 g/mol. The summed E-state index contributed by atoms with van der Waals surface area (Å²) >= 11 is 0. The Morgan fingerprint density at radius 1 is 1.11 bits per heavy atom. The summed E-state index contributed by atoms with van der Waals surface area (Å²) in [6.45, 7) is 1.25. The number of carbonyl (C=O) groups is 4. The predicted molar refractivity (Wildman–Crippen MR) is 100 cm³/mol. The van der Waals surface area contributed by atoms with Crippen LogP contribution in [0.15, 0.2) is 16.9 Å². The number of aliphatic imine (C=N–C) groups is 1. The van der Waals surface area contributed by atoms with Gasteiger partial charge in [0.25, 0.3) is 5.97 Å². The number of carboxylic acid groups (broad SMARTS) is 2. The molecule has 1 rings (SSSR count). The molecule has 8 N–H and O–H groups in total. The Balaban J connectivity index is 0.00000165. The number of carboxylic acids is 2. The van der Waals surface area contributed by atoms with Crippen LogP contribution < -0.4 is 27.4 Å². The average Bonchev–Trinajstić information content (AvgIpc) is 3.12. The summed E-state index contributed by atoms with van der Waals surface area (Å²) in [7, 11) is 0. The highest BCUT2D eigenvalue weighted by molar-refractivity contribution is 5.91. The highest BCUT2D eigenvalue weighted by Gasteiger charge is 2.27. The van der Waals surface area contributed by atoms with Crippen LogP contribution in [0.2, 0.25) is 0 Å². The smallest absolute Gasteiger partial charge is 0.326 e. The Labute approximate surface area is 162 Å². The second-order valence-electron chi connectivity index (χ2n) is 5.75. The van der Waals surface area contributed by atoms with Gasteiger partial charge in [-0.15, -0.1) is 0 Å². The fourth-order valence-corrected chi connectivity index (χ4v) is 2.06. The van der Waals surface area contributed by atoms with Gasteiger partial charge in [0.2, 0.25) is 11.8 Å². The first-order valence-electron chi connectivity index (χ1n) is 8.55. The zero-order valence-electron chi connectivity index (χ0n) is 15.6. The molecule has 0 fully saturated rings. The fourth-order valence-electron chi connectivity index (χ4n) is 2.06. The molecule has 0 aliphatic carbocycles. The van der Waals surface area contributed by atoms with E-state index in [4.69, 9.17) is 21.4 Å². The lowest BCUT2D eigenvalue weighted by molar-refractivity contribution is -0.142. The monoisotopic (exact) mass is 399 g/mol. The Hall–Kier alpha value is -2.99. The number of hydrogen-bond acceptors (Lipinski definition) is 7. The molecule has 1 radical (unpaired) electrons. The van der Waals surface area contributed by atoms with Gasteiger partial charge < -0.3 is 32.3 Å². The van der Waals surface area contributed by atoms with Crippen molar-refractivity contribution in [3.63, 3.8) is 0 Å². The molecule has 0 aromatic rings. The minimum absolute atomic E-state index is 0.0900. The van der Waals surface area contributed by atoms with E-state index in [1.807, 2.05) is 0 Å². The van der Waals surface area contributed by atoms with Crippen LogP contribution in [-0.2, 0) is 19.2 Å². The van der Waals surface area contributed by atoms with Gasteiger partial charge in [0.1, 0.15) is 18.4 Å². The molecule has 12 heteroatoms. The fraction of sp³-hybridized carbons (Fsp3) is 0.562. The third-order valence-electron chi connectivity index (χ3n) is 3.33. The molecule has 2 unspecified atom stereocenters. The van der Waals surface area contributed by atoms with E-state index in [0.29, 0.717) is 25.1 Å². The van der Waals surface area contributed by atoms with Crippen molar-refractivity contribution in [2.75, 3.05) is 13.1 Å². The molecular weight excluding hydrogens is 372 g/mol. The number of unbranched alkanes of at least 4 members (excludes halogenated alkanes) is 1. The lowest BCUT2D eigenvalue weighted by Crippen LogP contribution is -2.52. The van der Waals surface area contributed by atoms with Crippen LogP contribution in [0.4, 0.5) is 0 Å². The molecule has 0 bridgehead atoms. The molecule has 28 heavy (non-hydrogen) atoms. The van der Waals surface area contributed by atoms with E-state index in [9.17, 15) is 19.5 Å². The van der Waals surface area contributed by atoms with Gasteiger partial charge in [0, 0.05) is 13.3 Å². The van der Waals surface area contributed by atoms with Gasteiger partial charge in [-0.05, 0) is 25.8 Å². The molecule has 1 aliphatic heterocycles. The maximum atomic E-state index is 12.4. The van der Waals surface area contributed by atoms with Crippen molar-refractivity contribution < 1.29 is 29.4 Å². The van der Waals surface area contributed by atoms with Crippen LogP contribution in [0.25, 0.3) is 0 Å². The molecule has 1 aliphatic rings. The van der Waals surface area contributed by atoms with Crippen molar-refractivity contribution in [2.24, 2.45) is 16.5 Å². The Morgan fingerprint density at radius 2 is 1.75 bits per heavy atom. The van der Waals surface area contributed by atoms with Crippen molar-refractivity contribution >= 4 is 30.1 Å². The van der Waals surface area contributed by atoms with Crippen molar-refractivity contribution in [3.05, 3.63) is 11.9 Å². The number of carbonyl (C=O) groups excluding carboxylic acids is 2. The third kappa shape index (κ3) is 11.6. The second kappa shape index (κ2) is 14.1. The van der Waals surface area contributed by atoms with E-state index in [1.165, 1.54) is 12.5 Å². The molecule has 12 nitrogen and oxygen atoms in total. The standard InChI is InChI=1S/C14H23N6O4.C2H4O2/c15-4-2-1-3-10(14(23)24)20-13(22)11(19-12(21)6-16)5-9-7-17-8-18-9;1-2(3)4/h7-8,10-11H,1-6,15-16H2,(H,19,21)(H,20,22)(H,23,24);1H3,(H,3,4). The molecule has 0 saturated carbocycles. The van der Waals surface area contributed by atoms with Crippen molar-refractivity contribution in [3.8, 4) is 0 Å². The van der Waals surface area contributed by atoms with Gasteiger partial charge in [0.05, 0.1) is 18.4 Å². The first kappa shape index (κ1) is 25.0. The van der Waals surface area contributed by atoms with Gasteiger partial charge in [-0.3, -0.25) is 14.4 Å². The number of nitrogens with two attached hydrogens (primary N) is 2. The Kier molecular flexibility index (Phi) is 12.6. The van der Waals surface area contributed by atoms with Gasteiger partial charge in [-0.25, -0.2) is 15.1 Å². The Morgan fingerprint density at radius 3 is 2.21 bits per heavy atom. The minimum atomic E-state index is -1.14. The predicted octanol–water partition coefficient (Wildman–Crippen LogP) is -1.90. The number of rotatable bonds is 11. The quantitative estimate of drug-likeness (QED) is 0.215. The molecule has 0 aromatic heterocycles. The maximum absolute atomic E-state index is 12.4. The highest BCUT2D eigenvalue weighted by atomic mass is 16.4. The summed E-state index contributed by atoms with van der Waals surface area (Å²) in [5.74, 6) is -3.11. The van der Waals surface area contributed by atoms with E-state index in [1.54, 1.807) is 0 Å². The molecular formula is C16H27N6O6. The first-order chi connectivity index (χ1) is 13.2. The number of nitrogens with one attached hydrogen (secondary N) is 2. The zero-order valence-corrected chi connectivity index (χ0v) is 15.6. The molecule has 2 atom stereocenters. The van der Waals surface area contributed by atoms with E-state index >= 15 is 0 Å². The SMILES string of the molecule is CC(=O)O.NCCCCC(NC(=O)C(CC1=CN=C[N]1)NC(=O)CN)C(=O)O. The van der Waals surface area contributed by atoms with Crippen LogP contribution in [0.1, 0.15) is 32.6 Å². The van der Waals surface area contributed by atoms with Crippen LogP contribution in [-0.4, -0.2) is 65.5 Å². The molecule has 0 spiro atoms. The first-order valence-corrected chi connectivity index (χ1v) is 8.55. The maximum Gasteiger partial charge on any atom is 0.326 e. The van der Waals surface area contributed by atoms with Crippen LogP contribution >= 0.6 is 0 Å². The molecule has 157 valence electrons. The third-order valence-corrected chi connectivity index (χ3v) is 3.33.